The Morgan fingerprint density at radius 2 is 2.16 bits per heavy atom. The minimum absolute atomic E-state index is 0.0847. The van der Waals surface area contributed by atoms with E-state index in [1.165, 1.54) is 4.57 Å². The molecule has 0 bridgehead atoms. The lowest BCUT2D eigenvalue weighted by atomic mass is 10.2. The molecule has 0 atom stereocenters. The van der Waals surface area contributed by atoms with Gasteiger partial charge in [-0.1, -0.05) is 11.6 Å². The Balaban J connectivity index is 1.82. The second kappa shape index (κ2) is 4.74. The van der Waals surface area contributed by atoms with Crippen molar-refractivity contribution < 1.29 is 9.21 Å². The summed E-state index contributed by atoms with van der Waals surface area (Å²) < 4.78 is 6.59. The molecule has 2 heterocycles. The third-order valence-electron chi connectivity index (χ3n) is 3.39. The summed E-state index contributed by atoms with van der Waals surface area (Å²) in [5.41, 5.74) is 1.12. The first kappa shape index (κ1) is 12.3. The zero-order chi connectivity index (χ0) is 13.4. The van der Waals surface area contributed by atoms with Crippen molar-refractivity contribution in [3.8, 4) is 0 Å². The number of aryl methyl sites for hydroxylation is 1. The van der Waals surface area contributed by atoms with Gasteiger partial charge in [-0.25, -0.2) is 4.79 Å². The average molecular weight is 281 g/mol. The van der Waals surface area contributed by atoms with Gasteiger partial charge in [0.25, 0.3) is 0 Å². The number of benzene rings is 1. The molecule has 2 aromatic rings. The summed E-state index contributed by atoms with van der Waals surface area (Å²) in [5.74, 6) is -0.366. The molecule has 3 rings (SSSR count). The molecular formula is C13H13ClN2O3. The number of carbonyl (C=O) groups excluding carboxylic acids is 1. The highest BCUT2D eigenvalue weighted by Gasteiger charge is 2.20. The van der Waals surface area contributed by atoms with Crippen LogP contribution in [0.4, 0.5) is 0 Å². The van der Waals surface area contributed by atoms with Crippen molar-refractivity contribution in [2.45, 2.75) is 19.4 Å². The molecule has 1 aliphatic rings. The molecule has 6 heteroatoms. The largest absolute Gasteiger partial charge is 0.419 e. The fraction of sp³-hybridized carbons (Fsp3) is 0.385. The number of rotatable bonds is 3. The van der Waals surface area contributed by atoms with Gasteiger partial charge in [-0.3, -0.25) is 9.36 Å². The standard InChI is InChI=1S/C13H13ClN2O3/c14-9-2-3-10-11(8-9)19-13(18)16(10)7-4-12(17)15-5-1-6-15/h2-3,8H,1,4-7H2. The van der Waals surface area contributed by atoms with Gasteiger partial charge >= 0.3 is 5.76 Å². The van der Waals surface area contributed by atoms with E-state index in [2.05, 4.69) is 0 Å². The normalized spacial score (nSPS) is 14.7. The third kappa shape index (κ3) is 2.26. The molecule has 1 aromatic heterocycles. The quantitative estimate of drug-likeness (QED) is 0.862. The molecule has 1 saturated heterocycles. The van der Waals surface area contributed by atoms with Crippen LogP contribution in [0.5, 0.6) is 0 Å². The summed E-state index contributed by atoms with van der Waals surface area (Å²) in [5, 5.41) is 0.519. The molecule has 0 radical (unpaired) electrons. The fourth-order valence-electron chi connectivity index (χ4n) is 2.18. The van der Waals surface area contributed by atoms with E-state index in [1.807, 2.05) is 0 Å². The Kier molecular flexibility index (Phi) is 3.06. The van der Waals surface area contributed by atoms with Crippen LogP contribution in [0.1, 0.15) is 12.8 Å². The van der Waals surface area contributed by atoms with Crippen molar-refractivity contribution in [1.82, 2.24) is 9.47 Å². The molecule has 1 aromatic carbocycles. The van der Waals surface area contributed by atoms with E-state index in [-0.39, 0.29) is 5.91 Å². The maximum atomic E-state index is 11.8. The van der Waals surface area contributed by atoms with Gasteiger partial charge in [-0.15, -0.1) is 0 Å². The highest BCUT2D eigenvalue weighted by Crippen LogP contribution is 2.18. The van der Waals surface area contributed by atoms with Crippen molar-refractivity contribution in [1.29, 1.82) is 0 Å². The number of carbonyl (C=O) groups is 1. The Hall–Kier alpha value is -1.75. The lowest BCUT2D eigenvalue weighted by Gasteiger charge is -2.30. The van der Waals surface area contributed by atoms with Gasteiger partial charge in [0.05, 0.1) is 5.52 Å². The van der Waals surface area contributed by atoms with Crippen LogP contribution in [-0.4, -0.2) is 28.5 Å². The number of halogens is 1. The summed E-state index contributed by atoms with van der Waals surface area (Å²) in [6.45, 7) is 1.99. The van der Waals surface area contributed by atoms with Gasteiger partial charge < -0.3 is 9.32 Å². The molecule has 1 aliphatic heterocycles. The van der Waals surface area contributed by atoms with E-state index in [4.69, 9.17) is 16.0 Å². The van der Waals surface area contributed by atoms with Gasteiger partial charge in [0.15, 0.2) is 5.58 Å². The van der Waals surface area contributed by atoms with E-state index in [0.29, 0.717) is 29.1 Å². The fourth-order valence-corrected chi connectivity index (χ4v) is 2.35. The molecule has 100 valence electrons. The number of aromatic nitrogens is 1. The summed E-state index contributed by atoms with van der Waals surface area (Å²) in [6, 6.07) is 5.04. The van der Waals surface area contributed by atoms with Gasteiger partial charge in [0, 0.05) is 37.1 Å². The Bertz CT molecular complexity index is 685. The molecule has 19 heavy (non-hydrogen) atoms. The average Bonchev–Trinajstić information content (AvgIpc) is 2.59. The maximum Gasteiger partial charge on any atom is 0.419 e. The number of hydrogen-bond donors (Lipinski definition) is 0. The molecule has 0 saturated carbocycles. The molecule has 0 aliphatic carbocycles. The van der Waals surface area contributed by atoms with Crippen LogP contribution in [0, 0.1) is 0 Å². The van der Waals surface area contributed by atoms with Crippen LogP contribution in [0.2, 0.25) is 5.02 Å². The summed E-state index contributed by atoms with van der Waals surface area (Å²) in [6.07, 6.45) is 1.38. The summed E-state index contributed by atoms with van der Waals surface area (Å²) >= 11 is 5.84. The van der Waals surface area contributed by atoms with Crippen LogP contribution < -0.4 is 5.76 Å². The van der Waals surface area contributed by atoms with Gasteiger partial charge in [-0.05, 0) is 18.6 Å². The highest BCUT2D eigenvalue weighted by molar-refractivity contribution is 6.31. The maximum absolute atomic E-state index is 11.8. The van der Waals surface area contributed by atoms with Crippen LogP contribution >= 0.6 is 11.6 Å². The molecular weight excluding hydrogens is 268 g/mol. The second-order valence-corrected chi connectivity index (χ2v) is 5.05. The highest BCUT2D eigenvalue weighted by atomic mass is 35.5. The smallest absolute Gasteiger partial charge is 0.408 e. The zero-order valence-electron chi connectivity index (χ0n) is 10.3. The van der Waals surface area contributed by atoms with Crippen molar-refractivity contribution in [2.75, 3.05) is 13.1 Å². The number of hydrogen-bond acceptors (Lipinski definition) is 3. The van der Waals surface area contributed by atoms with Gasteiger partial charge in [0.1, 0.15) is 0 Å². The molecule has 1 amide bonds. The molecule has 0 unspecified atom stereocenters. The summed E-state index contributed by atoms with van der Waals surface area (Å²) in [7, 11) is 0. The van der Waals surface area contributed by atoms with Crippen LogP contribution in [0.15, 0.2) is 27.4 Å². The van der Waals surface area contributed by atoms with E-state index in [1.54, 1.807) is 23.1 Å². The topological polar surface area (TPSA) is 55.5 Å². The van der Waals surface area contributed by atoms with Gasteiger partial charge in [0.2, 0.25) is 5.91 Å². The zero-order valence-corrected chi connectivity index (χ0v) is 11.0. The Morgan fingerprint density at radius 1 is 1.37 bits per heavy atom. The Morgan fingerprint density at radius 3 is 2.84 bits per heavy atom. The number of nitrogens with zero attached hydrogens (tertiary/aromatic N) is 2. The van der Waals surface area contributed by atoms with Crippen LogP contribution in [0.3, 0.4) is 0 Å². The monoisotopic (exact) mass is 280 g/mol. The second-order valence-electron chi connectivity index (χ2n) is 4.62. The van der Waals surface area contributed by atoms with Crippen molar-refractivity contribution >= 4 is 28.6 Å². The molecule has 0 spiro atoms. The number of fused-ring (bicyclic) bond motifs is 1. The first-order valence-electron chi connectivity index (χ1n) is 6.22. The van der Waals surface area contributed by atoms with Crippen molar-refractivity contribution in [2.24, 2.45) is 0 Å². The lowest BCUT2D eigenvalue weighted by Crippen LogP contribution is -2.42. The van der Waals surface area contributed by atoms with Crippen molar-refractivity contribution in [3.05, 3.63) is 33.8 Å². The van der Waals surface area contributed by atoms with Crippen LogP contribution in [0.25, 0.3) is 11.1 Å². The predicted octanol–water partition coefficient (Wildman–Crippen LogP) is 1.87. The summed E-state index contributed by atoms with van der Waals surface area (Å²) in [4.78, 5) is 25.3. The van der Waals surface area contributed by atoms with E-state index >= 15 is 0 Å². The number of amides is 1. The predicted molar refractivity (Wildman–Crippen MR) is 71.3 cm³/mol. The van der Waals surface area contributed by atoms with Crippen LogP contribution in [-0.2, 0) is 11.3 Å². The first-order chi connectivity index (χ1) is 9.15. The third-order valence-corrected chi connectivity index (χ3v) is 3.62. The molecule has 0 N–H and O–H groups in total. The first-order valence-corrected chi connectivity index (χ1v) is 6.59. The van der Waals surface area contributed by atoms with E-state index in [0.717, 1.165) is 19.5 Å². The Labute approximate surface area is 114 Å². The number of oxazole rings is 1. The number of likely N-dealkylation sites (tertiary alicyclic amines) is 1. The molecule has 5 nitrogen and oxygen atoms in total. The minimum atomic E-state index is -0.450. The van der Waals surface area contributed by atoms with Gasteiger partial charge in [-0.2, -0.15) is 0 Å². The SMILES string of the molecule is O=C(CCn1c(=O)oc2cc(Cl)ccc21)N1CCC1. The van der Waals surface area contributed by atoms with E-state index in [9.17, 15) is 9.59 Å². The minimum Gasteiger partial charge on any atom is -0.408 e. The molecule has 1 fully saturated rings. The lowest BCUT2D eigenvalue weighted by molar-refractivity contribution is -0.134. The van der Waals surface area contributed by atoms with E-state index < -0.39 is 5.76 Å². The van der Waals surface area contributed by atoms with Crippen molar-refractivity contribution in [3.63, 3.8) is 0 Å².